The van der Waals surface area contributed by atoms with Gasteiger partial charge in [-0.2, -0.15) is 0 Å². The minimum absolute atomic E-state index is 0.0142. The van der Waals surface area contributed by atoms with Crippen LogP contribution in [0.15, 0.2) is 0 Å². The number of carbonyl (C=O) groups is 3. The summed E-state index contributed by atoms with van der Waals surface area (Å²) in [5, 5.41) is 9.73. The van der Waals surface area contributed by atoms with E-state index in [1.165, 1.54) is 6.42 Å². The molecule has 0 aromatic rings. The Kier molecular flexibility index (Phi) is 4.91. The number of rotatable bonds is 5. The van der Waals surface area contributed by atoms with Crippen LogP contribution in [0.1, 0.15) is 45.4 Å². The fourth-order valence-electron chi connectivity index (χ4n) is 5.95. The Balaban J connectivity index is 1.38. The van der Waals surface area contributed by atoms with E-state index in [9.17, 15) is 19.5 Å². The number of hydrogen-bond donors (Lipinski definition) is 1. The summed E-state index contributed by atoms with van der Waals surface area (Å²) in [6.45, 7) is 6.33. The SMILES string of the molecule is CCN1CCCC1CN1CC(C(=O)N2C[C@@H]3CCC[C@@]3(C(=O)O)C2)CC1=O. The van der Waals surface area contributed by atoms with Crippen LogP contribution in [0.4, 0.5) is 0 Å². The van der Waals surface area contributed by atoms with Crippen molar-refractivity contribution in [2.45, 2.75) is 51.5 Å². The Hall–Kier alpha value is -1.63. The minimum atomic E-state index is -0.759. The van der Waals surface area contributed by atoms with E-state index in [0.717, 1.165) is 38.9 Å². The highest BCUT2D eigenvalue weighted by Gasteiger charge is 2.56. The van der Waals surface area contributed by atoms with Crippen LogP contribution in [-0.4, -0.2) is 82.9 Å². The first-order valence-electron chi connectivity index (χ1n) is 10.5. The van der Waals surface area contributed by atoms with Gasteiger partial charge in [0, 0.05) is 38.6 Å². The molecule has 7 nitrogen and oxygen atoms in total. The Bertz CT molecular complexity index is 639. The summed E-state index contributed by atoms with van der Waals surface area (Å²) in [7, 11) is 0. The van der Waals surface area contributed by atoms with E-state index >= 15 is 0 Å². The maximum absolute atomic E-state index is 13.0. The van der Waals surface area contributed by atoms with E-state index in [-0.39, 0.29) is 30.1 Å². The number of fused-ring (bicyclic) bond motifs is 1. The fraction of sp³-hybridized carbons (Fsp3) is 0.850. The van der Waals surface area contributed by atoms with Crippen molar-refractivity contribution in [2.75, 3.05) is 39.3 Å². The first-order chi connectivity index (χ1) is 12.9. The molecule has 3 aliphatic heterocycles. The average Bonchev–Trinajstić information content (AvgIpc) is 3.37. The molecule has 1 saturated carbocycles. The summed E-state index contributed by atoms with van der Waals surface area (Å²) in [5.74, 6) is -0.934. The monoisotopic (exact) mass is 377 g/mol. The molecule has 1 N–H and O–H groups in total. The van der Waals surface area contributed by atoms with Crippen molar-refractivity contribution in [3.8, 4) is 0 Å². The van der Waals surface area contributed by atoms with Crippen LogP contribution in [0, 0.1) is 17.3 Å². The normalized spacial score (nSPS) is 36.6. The van der Waals surface area contributed by atoms with Gasteiger partial charge in [-0.15, -0.1) is 0 Å². The molecule has 2 unspecified atom stereocenters. The van der Waals surface area contributed by atoms with Crippen LogP contribution < -0.4 is 0 Å². The van der Waals surface area contributed by atoms with E-state index in [4.69, 9.17) is 0 Å². The van der Waals surface area contributed by atoms with Crippen LogP contribution in [0.2, 0.25) is 0 Å². The molecule has 0 radical (unpaired) electrons. The molecule has 4 rings (SSSR count). The Morgan fingerprint density at radius 2 is 2.04 bits per heavy atom. The average molecular weight is 377 g/mol. The van der Waals surface area contributed by atoms with Crippen molar-refractivity contribution < 1.29 is 19.5 Å². The zero-order chi connectivity index (χ0) is 19.2. The summed E-state index contributed by atoms with van der Waals surface area (Å²) >= 11 is 0. The van der Waals surface area contributed by atoms with Crippen molar-refractivity contribution in [2.24, 2.45) is 17.3 Å². The Morgan fingerprint density at radius 3 is 2.74 bits per heavy atom. The highest BCUT2D eigenvalue weighted by atomic mass is 16.4. The Labute approximate surface area is 160 Å². The van der Waals surface area contributed by atoms with Gasteiger partial charge in [0.15, 0.2) is 0 Å². The van der Waals surface area contributed by atoms with Crippen molar-refractivity contribution in [1.29, 1.82) is 0 Å². The van der Waals surface area contributed by atoms with Crippen molar-refractivity contribution in [3.63, 3.8) is 0 Å². The van der Waals surface area contributed by atoms with Gasteiger partial charge in [-0.3, -0.25) is 19.3 Å². The van der Waals surface area contributed by atoms with Crippen LogP contribution in [0.3, 0.4) is 0 Å². The summed E-state index contributed by atoms with van der Waals surface area (Å²) in [6, 6.07) is 0.411. The van der Waals surface area contributed by atoms with E-state index < -0.39 is 11.4 Å². The molecule has 4 fully saturated rings. The number of carboxylic acids is 1. The molecule has 2 amide bonds. The molecule has 0 aromatic heterocycles. The number of nitrogens with zero attached hydrogens (tertiary/aromatic N) is 3. The summed E-state index contributed by atoms with van der Waals surface area (Å²) < 4.78 is 0. The maximum Gasteiger partial charge on any atom is 0.311 e. The highest BCUT2D eigenvalue weighted by Crippen LogP contribution is 2.49. The zero-order valence-corrected chi connectivity index (χ0v) is 16.2. The molecule has 4 atom stereocenters. The van der Waals surface area contributed by atoms with Gasteiger partial charge in [0.05, 0.1) is 11.3 Å². The lowest BCUT2D eigenvalue weighted by molar-refractivity contribution is -0.149. The third kappa shape index (κ3) is 3.13. The maximum atomic E-state index is 13.0. The number of likely N-dealkylation sites (N-methyl/N-ethyl adjacent to an activating group) is 1. The van der Waals surface area contributed by atoms with Gasteiger partial charge in [0.1, 0.15) is 0 Å². The third-order valence-electron chi connectivity index (χ3n) is 7.51. The molecule has 3 heterocycles. The van der Waals surface area contributed by atoms with Gasteiger partial charge in [0.2, 0.25) is 11.8 Å². The summed E-state index contributed by atoms with van der Waals surface area (Å²) in [6.07, 6.45) is 5.06. The van der Waals surface area contributed by atoms with Crippen molar-refractivity contribution in [3.05, 3.63) is 0 Å². The second-order valence-electron chi connectivity index (χ2n) is 8.89. The summed E-state index contributed by atoms with van der Waals surface area (Å²) in [4.78, 5) is 43.4. The highest BCUT2D eigenvalue weighted by molar-refractivity contribution is 5.90. The first-order valence-corrected chi connectivity index (χ1v) is 10.5. The lowest BCUT2D eigenvalue weighted by Crippen LogP contribution is -2.42. The van der Waals surface area contributed by atoms with E-state index in [0.29, 0.717) is 32.1 Å². The smallest absolute Gasteiger partial charge is 0.311 e. The Morgan fingerprint density at radius 1 is 1.22 bits per heavy atom. The molecular weight excluding hydrogens is 346 g/mol. The minimum Gasteiger partial charge on any atom is -0.481 e. The molecule has 1 aliphatic carbocycles. The van der Waals surface area contributed by atoms with E-state index in [2.05, 4.69) is 11.8 Å². The molecule has 4 aliphatic rings. The lowest BCUT2D eigenvalue weighted by Gasteiger charge is -2.28. The number of amides is 2. The van der Waals surface area contributed by atoms with Gasteiger partial charge in [-0.25, -0.2) is 0 Å². The van der Waals surface area contributed by atoms with Crippen LogP contribution in [0.25, 0.3) is 0 Å². The number of aliphatic carboxylic acids is 1. The molecule has 3 saturated heterocycles. The summed E-state index contributed by atoms with van der Waals surface area (Å²) in [5.41, 5.74) is -0.747. The van der Waals surface area contributed by atoms with E-state index in [1.807, 2.05) is 4.90 Å². The number of hydrogen-bond acceptors (Lipinski definition) is 4. The first kappa shape index (κ1) is 18.7. The molecule has 0 bridgehead atoms. The molecule has 0 aromatic carbocycles. The van der Waals surface area contributed by atoms with Crippen molar-refractivity contribution >= 4 is 17.8 Å². The zero-order valence-electron chi connectivity index (χ0n) is 16.2. The van der Waals surface area contributed by atoms with E-state index in [1.54, 1.807) is 4.90 Å². The second kappa shape index (κ2) is 7.08. The van der Waals surface area contributed by atoms with Crippen LogP contribution in [-0.2, 0) is 14.4 Å². The topological polar surface area (TPSA) is 81.2 Å². The number of carboxylic acid groups (broad SMARTS) is 1. The van der Waals surface area contributed by atoms with Crippen LogP contribution >= 0.6 is 0 Å². The van der Waals surface area contributed by atoms with Gasteiger partial charge in [-0.05, 0) is 44.7 Å². The fourth-order valence-corrected chi connectivity index (χ4v) is 5.95. The molecule has 0 spiro atoms. The third-order valence-corrected chi connectivity index (χ3v) is 7.51. The van der Waals surface area contributed by atoms with Crippen LogP contribution in [0.5, 0.6) is 0 Å². The molecular formula is C20H31N3O4. The molecule has 150 valence electrons. The lowest BCUT2D eigenvalue weighted by atomic mass is 9.81. The quantitative estimate of drug-likeness (QED) is 0.774. The second-order valence-corrected chi connectivity index (χ2v) is 8.89. The van der Waals surface area contributed by atoms with Gasteiger partial charge >= 0.3 is 5.97 Å². The predicted octanol–water partition coefficient (Wildman–Crippen LogP) is 1.03. The number of carbonyl (C=O) groups excluding carboxylic acids is 2. The largest absolute Gasteiger partial charge is 0.481 e. The van der Waals surface area contributed by atoms with Crippen molar-refractivity contribution in [1.82, 2.24) is 14.7 Å². The van der Waals surface area contributed by atoms with Gasteiger partial charge in [0.25, 0.3) is 0 Å². The van der Waals surface area contributed by atoms with Gasteiger partial charge < -0.3 is 14.9 Å². The molecule has 7 heteroatoms. The van der Waals surface area contributed by atoms with Gasteiger partial charge in [-0.1, -0.05) is 13.3 Å². The standard InChI is InChI=1S/C20H31N3O4/c1-2-21-8-4-6-16(21)12-22-10-14(9-17(22)24)18(25)23-11-15-5-3-7-20(15,13-23)19(26)27/h14-16H,2-13H2,1H3,(H,26,27)/t14?,15-,16?,20+/m0/s1. The number of likely N-dealkylation sites (tertiary alicyclic amines) is 3. The molecule has 27 heavy (non-hydrogen) atoms. The predicted molar refractivity (Wildman–Crippen MR) is 98.9 cm³/mol.